The minimum atomic E-state index is -0.392. The van der Waals surface area contributed by atoms with Crippen LogP contribution in [0.15, 0.2) is 29.2 Å². The van der Waals surface area contributed by atoms with Crippen molar-refractivity contribution < 1.29 is 4.74 Å². The number of anilines is 1. The van der Waals surface area contributed by atoms with Gasteiger partial charge < -0.3 is 9.64 Å². The predicted octanol–water partition coefficient (Wildman–Crippen LogP) is 1.94. The lowest BCUT2D eigenvalue weighted by atomic mass is 10.1. The maximum absolute atomic E-state index is 11.7. The van der Waals surface area contributed by atoms with Crippen molar-refractivity contribution in [3.8, 4) is 5.75 Å². The number of aromatic amines is 1. The molecule has 9 heteroatoms. The first-order chi connectivity index (χ1) is 13.1. The summed E-state index contributed by atoms with van der Waals surface area (Å²) in [5.74, 6) is 0.865. The van der Waals surface area contributed by atoms with Gasteiger partial charge in [0.25, 0.3) is 5.56 Å². The number of halogens is 1. The SMILES string of the molecule is COc1cccc(Cn2nnc3c2CCN(c2cn[nH]c(=O)c2Cl)C3)c1C. The van der Waals surface area contributed by atoms with E-state index < -0.39 is 5.56 Å². The second kappa shape index (κ2) is 7.03. The van der Waals surface area contributed by atoms with Crippen molar-refractivity contribution in [2.24, 2.45) is 0 Å². The van der Waals surface area contributed by atoms with Gasteiger partial charge in [-0.1, -0.05) is 28.9 Å². The van der Waals surface area contributed by atoms with Crippen LogP contribution >= 0.6 is 11.6 Å². The van der Waals surface area contributed by atoms with Gasteiger partial charge in [0.05, 0.1) is 37.8 Å². The molecule has 0 spiro atoms. The molecule has 0 saturated heterocycles. The summed E-state index contributed by atoms with van der Waals surface area (Å²) >= 11 is 6.13. The second-order valence-electron chi connectivity index (χ2n) is 6.45. The largest absolute Gasteiger partial charge is 0.496 e. The number of hydrogen-bond acceptors (Lipinski definition) is 6. The molecule has 1 N–H and O–H groups in total. The summed E-state index contributed by atoms with van der Waals surface area (Å²) in [6, 6.07) is 6.00. The van der Waals surface area contributed by atoms with E-state index in [4.69, 9.17) is 16.3 Å². The summed E-state index contributed by atoms with van der Waals surface area (Å²) < 4.78 is 7.34. The molecule has 140 valence electrons. The van der Waals surface area contributed by atoms with Gasteiger partial charge in [0.2, 0.25) is 0 Å². The summed E-state index contributed by atoms with van der Waals surface area (Å²) in [5.41, 5.74) is 4.45. The number of hydrogen-bond donors (Lipinski definition) is 1. The summed E-state index contributed by atoms with van der Waals surface area (Å²) in [6.45, 7) is 3.93. The van der Waals surface area contributed by atoms with E-state index in [0.717, 1.165) is 34.7 Å². The quantitative estimate of drug-likeness (QED) is 0.737. The minimum Gasteiger partial charge on any atom is -0.496 e. The van der Waals surface area contributed by atoms with Gasteiger partial charge in [0, 0.05) is 13.0 Å². The molecule has 3 heterocycles. The monoisotopic (exact) mass is 386 g/mol. The average Bonchev–Trinajstić information content (AvgIpc) is 3.08. The van der Waals surface area contributed by atoms with E-state index in [0.29, 0.717) is 25.3 Å². The number of H-pyrrole nitrogens is 1. The number of fused-ring (bicyclic) bond motifs is 1. The molecular formula is C18H19ClN6O2. The molecule has 0 fully saturated rings. The Bertz CT molecular complexity index is 1040. The minimum absolute atomic E-state index is 0.146. The first-order valence-corrected chi connectivity index (χ1v) is 8.98. The van der Waals surface area contributed by atoms with Gasteiger partial charge in [-0.2, -0.15) is 5.10 Å². The predicted molar refractivity (Wildman–Crippen MR) is 101 cm³/mol. The Morgan fingerprint density at radius 2 is 2.22 bits per heavy atom. The van der Waals surface area contributed by atoms with Gasteiger partial charge in [-0.15, -0.1) is 5.10 Å². The fraction of sp³-hybridized carbons (Fsp3) is 0.333. The lowest BCUT2D eigenvalue weighted by Crippen LogP contribution is -2.32. The van der Waals surface area contributed by atoms with E-state index in [2.05, 4.69) is 26.6 Å². The van der Waals surface area contributed by atoms with Crippen LogP contribution in [0.1, 0.15) is 22.5 Å². The number of nitrogens with zero attached hydrogens (tertiary/aromatic N) is 5. The summed E-state index contributed by atoms with van der Waals surface area (Å²) in [6.07, 6.45) is 2.33. The highest BCUT2D eigenvalue weighted by Gasteiger charge is 2.25. The zero-order valence-electron chi connectivity index (χ0n) is 15.1. The van der Waals surface area contributed by atoms with E-state index in [1.807, 2.05) is 28.6 Å². The lowest BCUT2D eigenvalue weighted by molar-refractivity contribution is 0.410. The van der Waals surface area contributed by atoms with E-state index in [1.165, 1.54) is 0 Å². The van der Waals surface area contributed by atoms with Crippen LogP contribution in [0.2, 0.25) is 5.02 Å². The van der Waals surface area contributed by atoms with Gasteiger partial charge in [-0.05, 0) is 24.1 Å². The number of ether oxygens (including phenoxy) is 1. The first-order valence-electron chi connectivity index (χ1n) is 8.60. The molecule has 1 aromatic carbocycles. The number of benzene rings is 1. The molecule has 4 rings (SSSR count). The van der Waals surface area contributed by atoms with Crippen molar-refractivity contribution in [1.29, 1.82) is 0 Å². The molecule has 0 bridgehead atoms. The standard InChI is InChI=1S/C18H19ClN6O2/c1-11-12(4-3-5-16(11)27-2)9-25-14-6-7-24(10-13(14)21-23-25)15-8-20-22-18(26)17(15)19/h3-5,8H,6-7,9-10H2,1-2H3,(H,22,26). The lowest BCUT2D eigenvalue weighted by Gasteiger charge is -2.28. The maximum Gasteiger partial charge on any atom is 0.285 e. The summed E-state index contributed by atoms with van der Waals surface area (Å²) in [4.78, 5) is 13.7. The zero-order valence-corrected chi connectivity index (χ0v) is 15.8. The Balaban J connectivity index is 1.59. The van der Waals surface area contributed by atoms with Crippen LogP contribution in [0, 0.1) is 6.92 Å². The third-order valence-electron chi connectivity index (χ3n) is 4.93. The molecule has 3 aromatic rings. The topological polar surface area (TPSA) is 88.9 Å². The molecule has 0 saturated carbocycles. The van der Waals surface area contributed by atoms with Crippen molar-refractivity contribution in [3.05, 3.63) is 62.3 Å². The first kappa shape index (κ1) is 17.5. The van der Waals surface area contributed by atoms with Crippen molar-refractivity contribution >= 4 is 17.3 Å². The number of aromatic nitrogens is 5. The Morgan fingerprint density at radius 1 is 1.37 bits per heavy atom. The Kier molecular flexibility index (Phi) is 4.57. The summed E-state index contributed by atoms with van der Waals surface area (Å²) in [5, 5.41) is 15.0. The van der Waals surface area contributed by atoms with E-state index >= 15 is 0 Å². The van der Waals surface area contributed by atoms with Gasteiger partial charge >= 0.3 is 0 Å². The molecule has 8 nitrogen and oxygen atoms in total. The molecule has 0 aliphatic carbocycles. The van der Waals surface area contributed by atoms with Gasteiger partial charge in [0.1, 0.15) is 16.5 Å². The third kappa shape index (κ3) is 3.16. The second-order valence-corrected chi connectivity index (χ2v) is 6.83. The number of rotatable bonds is 4. The van der Waals surface area contributed by atoms with Gasteiger partial charge in [-0.25, -0.2) is 9.78 Å². The molecule has 2 aromatic heterocycles. The average molecular weight is 387 g/mol. The highest BCUT2D eigenvalue weighted by Crippen LogP contribution is 2.27. The van der Waals surface area contributed by atoms with Gasteiger partial charge in [-0.3, -0.25) is 4.79 Å². The zero-order chi connectivity index (χ0) is 19.0. The van der Waals surface area contributed by atoms with Gasteiger partial charge in [0.15, 0.2) is 0 Å². The van der Waals surface area contributed by atoms with Crippen LogP contribution in [-0.4, -0.2) is 38.8 Å². The fourth-order valence-electron chi connectivity index (χ4n) is 3.41. The van der Waals surface area contributed by atoms with Crippen LogP contribution in [0.3, 0.4) is 0 Å². The van der Waals surface area contributed by atoms with Crippen LogP contribution < -0.4 is 15.2 Å². The summed E-state index contributed by atoms with van der Waals surface area (Å²) in [7, 11) is 1.67. The van der Waals surface area contributed by atoms with Crippen molar-refractivity contribution in [1.82, 2.24) is 25.2 Å². The molecule has 0 amide bonds. The molecule has 0 radical (unpaired) electrons. The Morgan fingerprint density at radius 3 is 3.04 bits per heavy atom. The maximum atomic E-state index is 11.7. The van der Waals surface area contributed by atoms with Crippen molar-refractivity contribution in [2.45, 2.75) is 26.4 Å². The van der Waals surface area contributed by atoms with E-state index in [1.54, 1.807) is 13.3 Å². The van der Waals surface area contributed by atoms with E-state index in [-0.39, 0.29) is 5.02 Å². The van der Waals surface area contributed by atoms with Crippen LogP contribution in [-0.2, 0) is 19.5 Å². The number of nitrogens with one attached hydrogen (secondary N) is 1. The molecule has 27 heavy (non-hydrogen) atoms. The highest BCUT2D eigenvalue weighted by atomic mass is 35.5. The molecule has 1 aliphatic rings. The normalized spacial score (nSPS) is 13.5. The molecule has 0 unspecified atom stereocenters. The highest BCUT2D eigenvalue weighted by molar-refractivity contribution is 6.32. The van der Waals surface area contributed by atoms with E-state index in [9.17, 15) is 4.79 Å². The molecular weight excluding hydrogens is 368 g/mol. The van der Waals surface area contributed by atoms with Crippen LogP contribution in [0.25, 0.3) is 0 Å². The third-order valence-corrected chi connectivity index (χ3v) is 5.30. The fourth-order valence-corrected chi connectivity index (χ4v) is 3.62. The molecule has 1 aliphatic heterocycles. The van der Waals surface area contributed by atoms with Crippen molar-refractivity contribution in [3.63, 3.8) is 0 Å². The van der Waals surface area contributed by atoms with Crippen molar-refractivity contribution in [2.75, 3.05) is 18.6 Å². The smallest absolute Gasteiger partial charge is 0.285 e. The van der Waals surface area contributed by atoms with Crippen LogP contribution in [0.5, 0.6) is 5.75 Å². The Labute approximate surface area is 160 Å². The Hall–Kier alpha value is -2.87. The number of methoxy groups -OCH3 is 1. The molecule has 0 atom stereocenters. The van der Waals surface area contributed by atoms with Crippen LogP contribution in [0.4, 0.5) is 5.69 Å².